The van der Waals surface area contributed by atoms with Gasteiger partial charge in [-0.25, -0.2) is 9.78 Å². The van der Waals surface area contributed by atoms with Gasteiger partial charge in [-0.3, -0.25) is 19.7 Å². The van der Waals surface area contributed by atoms with Crippen molar-refractivity contribution in [1.29, 1.82) is 0 Å². The summed E-state index contributed by atoms with van der Waals surface area (Å²) in [5.74, 6) is -1.56. The molecule has 2 aromatic heterocycles. The number of benzene rings is 5. The van der Waals surface area contributed by atoms with Crippen LogP contribution >= 0.6 is 46.6 Å². The molecule has 3 atom stereocenters. The van der Waals surface area contributed by atoms with Crippen molar-refractivity contribution in [3.05, 3.63) is 191 Å². The number of ether oxygens (including phenoxy) is 2. The molecule has 0 aliphatic carbocycles. The molecule has 0 saturated carbocycles. The molecule has 2 saturated heterocycles. The molecule has 368 valence electrons. The molecule has 4 heterocycles. The second-order valence-electron chi connectivity index (χ2n) is 17.6. The normalized spacial score (nSPS) is 17.9. The highest BCUT2D eigenvalue weighted by molar-refractivity contribution is 8.17. The van der Waals surface area contributed by atoms with Gasteiger partial charge in [-0.2, -0.15) is 4.80 Å². The lowest BCUT2D eigenvalue weighted by molar-refractivity contribution is -0.154. The van der Waals surface area contributed by atoms with Gasteiger partial charge in [-0.15, -0.1) is 45.1 Å². The standard InChI is InChI=1S/C52H49N9O7S4/c1-50(2,3)67-49(65)55-47-53-39(31-69-47)42(58-68-52(36-24-14-7-15-25-36,37-26-16-8-17-27-37)38-28-18-9-19-29-38)44(63)54-45-51(32-61-40(62)30-41(61)72-45,71-33-70-48-56-59-60(4)57-48)46(64)66-43(34-20-10-5-11-21-34)35-22-12-6-13-23-35/h5-29,31,41,43,45H,30,32-33H2,1-4H3,(H,54,63)(H,53,55,65)/t41-,45?,51?/m1/s1. The third kappa shape index (κ3) is 11.1. The zero-order valence-electron chi connectivity index (χ0n) is 39.5. The first-order chi connectivity index (χ1) is 34.8. The minimum atomic E-state index is -1.64. The quantitative estimate of drug-likeness (QED) is 0.0167. The number of aromatic nitrogens is 5. The zero-order chi connectivity index (χ0) is 50.3. The first-order valence-electron chi connectivity index (χ1n) is 22.8. The van der Waals surface area contributed by atoms with Gasteiger partial charge in [0.2, 0.25) is 16.7 Å². The van der Waals surface area contributed by atoms with Crippen molar-refractivity contribution in [2.75, 3.05) is 16.9 Å². The Labute approximate surface area is 432 Å². The van der Waals surface area contributed by atoms with Crippen LogP contribution in [0, 0.1) is 0 Å². The molecule has 9 rings (SSSR count). The van der Waals surface area contributed by atoms with Gasteiger partial charge >= 0.3 is 12.1 Å². The number of tetrazole rings is 1. The number of fused-ring (bicyclic) bond motifs is 1. The van der Waals surface area contributed by atoms with E-state index in [2.05, 4.69) is 31.0 Å². The molecule has 2 fully saturated rings. The number of oxime groups is 1. The van der Waals surface area contributed by atoms with Gasteiger partial charge in [-0.1, -0.05) is 169 Å². The Balaban J connectivity index is 1.15. The molecular formula is C52H49N9O7S4. The van der Waals surface area contributed by atoms with Gasteiger partial charge in [0.05, 0.1) is 25.4 Å². The molecule has 72 heavy (non-hydrogen) atoms. The molecule has 0 radical (unpaired) electrons. The van der Waals surface area contributed by atoms with E-state index in [0.29, 0.717) is 21.8 Å². The number of nitrogens with one attached hydrogen (secondary N) is 2. The summed E-state index contributed by atoms with van der Waals surface area (Å²) in [4.78, 5) is 72.0. The maximum atomic E-state index is 15.6. The average Bonchev–Trinajstić information content (AvgIpc) is 4.03. The van der Waals surface area contributed by atoms with Crippen LogP contribution < -0.4 is 10.6 Å². The van der Waals surface area contributed by atoms with Crippen LogP contribution in [0.15, 0.2) is 167 Å². The Kier molecular flexibility index (Phi) is 15.1. The molecule has 0 bridgehead atoms. The summed E-state index contributed by atoms with van der Waals surface area (Å²) in [6.45, 7) is 5.15. The third-order valence-corrected chi connectivity index (χ3v) is 16.4. The van der Waals surface area contributed by atoms with E-state index in [4.69, 9.17) is 19.5 Å². The second kappa shape index (κ2) is 21.8. The molecule has 2 unspecified atom stereocenters. The van der Waals surface area contributed by atoms with E-state index >= 15 is 9.59 Å². The number of carbonyl (C=O) groups excluding carboxylic acids is 4. The predicted molar refractivity (Wildman–Crippen MR) is 279 cm³/mol. The Morgan fingerprint density at radius 2 is 1.39 bits per heavy atom. The van der Waals surface area contributed by atoms with Crippen molar-refractivity contribution in [1.82, 2.24) is 35.4 Å². The van der Waals surface area contributed by atoms with Crippen LogP contribution in [0.4, 0.5) is 9.93 Å². The van der Waals surface area contributed by atoms with Gasteiger partial charge in [-0.05, 0) is 37.1 Å². The molecule has 2 aliphatic heterocycles. The fourth-order valence-electron chi connectivity index (χ4n) is 8.16. The van der Waals surface area contributed by atoms with Crippen LogP contribution in [0.5, 0.6) is 0 Å². The third-order valence-electron chi connectivity index (χ3n) is 11.6. The highest BCUT2D eigenvalue weighted by Crippen LogP contribution is 2.50. The lowest BCUT2D eigenvalue weighted by Crippen LogP contribution is -2.70. The molecule has 0 spiro atoms. The van der Waals surface area contributed by atoms with Gasteiger partial charge in [0, 0.05) is 27.2 Å². The van der Waals surface area contributed by atoms with E-state index in [1.807, 2.05) is 152 Å². The fourth-order valence-corrected chi connectivity index (χ4v) is 13.0. The Hall–Kier alpha value is -7.00. The van der Waals surface area contributed by atoms with Gasteiger partial charge < -0.3 is 24.5 Å². The van der Waals surface area contributed by atoms with E-state index in [0.717, 1.165) is 22.5 Å². The Morgan fingerprint density at radius 1 is 0.833 bits per heavy atom. The molecule has 7 aromatic rings. The highest BCUT2D eigenvalue weighted by atomic mass is 32.2. The van der Waals surface area contributed by atoms with Crippen molar-refractivity contribution in [3.63, 3.8) is 0 Å². The molecule has 2 N–H and O–H groups in total. The van der Waals surface area contributed by atoms with E-state index in [1.54, 1.807) is 38.1 Å². The summed E-state index contributed by atoms with van der Waals surface area (Å²) in [5.41, 5.74) is 1.19. The van der Waals surface area contributed by atoms with Crippen LogP contribution in [0.2, 0.25) is 0 Å². The second-order valence-corrected chi connectivity index (χ2v) is 22.4. The number of anilines is 1. The lowest BCUT2D eigenvalue weighted by atomic mass is 9.80. The molecule has 5 aromatic carbocycles. The Bertz CT molecular complexity index is 2900. The number of β-lactam (4-membered cyclic amide) rings is 1. The number of thioether (sulfide) groups is 3. The first kappa shape index (κ1) is 50.0. The van der Waals surface area contributed by atoms with Gasteiger partial charge in [0.15, 0.2) is 21.7 Å². The number of carbonyl (C=O) groups is 4. The molecule has 3 amide bonds. The largest absolute Gasteiger partial charge is 0.451 e. The molecule has 20 heteroatoms. The Morgan fingerprint density at radius 3 is 1.90 bits per heavy atom. The summed E-state index contributed by atoms with van der Waals surface area (Å²) >= 11 is 4.79. The number of hydrogen-bond acceptors (Lipinski definition) is 16. The topological polar surface area (TPSA) is 192 Å². The van der Waals surface area contributed by atoms with Crippen molar-refractivity contribution < 1.29 is 33.5 Å². The summed E-state index contributed by atoms with van der Waals surface area (Å²) in [6.07, 6.45) is -1.39. The minimum absolute atomic E-state index is 0.0613. The van der Waals surface area contributed by atoms with Crippen molar-refractivity contribution >= 4 is 81.3 Å². The average molecular weight is 1040 g/mol. The number of nitrogens with zero attached hydrogens (tertiary/aromatic N) is 7. The molecule has 2 aliphatic rings. The van der Waals surface area contributed by atoms with E-state index < -0.39 is 45.4 Å². The summed E-state index contributed by atoms with van der Waals surface area (Å²) in [6, 6.07) is 47.4. The van der Waals surface area contributed by atoms with Crippen LogP contribution in [0.1, 0.15) is 66.8 Å². The summed E-state index contributed by atoms with van der Waals surface area (Å²) < 4.78 is 10.5. The lowest BCUT2D eigenvalue weighted by Gasteiger charge is -2.53. The number of hydrogen-bond donors (Lipinski definition) is 2. The van der Waals surface area contributed by atoms with Crippen molar-refractivity contribution in [2.45, 2.75) is 65.1 Å². The number of thiazole rings is 1. The molecule has 16 nitrogen and oxygen atoms in total. The maximum absolute atomic E-state index is 15.6. The van der Waals surface area contributed by atoms with Crippen LogP contribution in [0.3, 0.4) is 0 Å². The number of rotatable bonds is 17. The number of esters is 1. The maximum Gasteiger partial charge on any atom is 0.413 e. The minimum Gasteiger partial charge on any atom is -0.451 e. The first-order valence-corrected chi connectivity index (χ1v) is 26.6. The molecular weight excluding hydrogens is 991 g/mol. The number of amides is 3. The van der Waals surface area contributed by atoms with Crippen molar-refractivity contribution in [3.8, 4) is 0 Å². The van der Waals surface area contributed by atoms with Gasteiger partial charge in [0.25, 0.3) is 5.91 Å². The van der Waals surface area contributed by atoms with E-state index in [1.165, 1.54) is 40.1 Å². The zero-order valence-corrected chi connectivity index (χ0v) is 42.8. The fraction of sp³-hybridized carbons (Fsp3) is 0.250. The highest BCUT2D eigenvalue weighted by Gasteiger charge is 2.60. The van der Waals surface area contributed by atoms with Gasteiger partial charge in [0.1, 0.15) is 16.7 Å². The number of aryl methyl sites for hydroxylation is 1. The van der Waals surface area contributed by atoms with Crippen molar-refractivity contribution in [2.24, 2.45) is 12.2 Å². The summed E-state index contributed by atoms with van der Waals surface area (Å²) in [7, 11) is 1.65. The summed E-state index contributed by atoms with van der Waals surface area (Å²) in [5, 5.41) is 23.9. The van der Waals surface area contributed by atoms with Crippen LogP contribution in [-0.4, -0.2) is 92.4 Å². The van der Waals surface area contributed by atoms with Crippen LogP contribution in [-0.2, 0) is 41.3 Å². The van der Waals surface area contributed by atoms with Crippen LogP contribution in [0.25, 0.3) is 0 Å². The monoisotopic (exact) mass is 1040 g/mol. The van der Waals surface area contributed by atoms with E-state index in [9.17, 15) is 9.59 Å². The predicted octanol–water partition coefficient (Wildman–Crippen LogP) is 9.03. The smallest absolute Gasteiger partial charge is 0.413 e. The SMILES string of the molecule is Cn1nnc(SCSC2(C(=O)OC(c3ccccc3)c3ccccc3)CN3C(=O)C[C@H]3SC2NC(=O)C(=NOC(c2ccccc2)(c2ccccc2)c2ccccc2)c2csc(NC(=O)OC(C)(C)C)n2)n1. The van der Waals surface area contributed by atoms with E-state index in [-0.39, 0.29) is 45.9 Å².